The van der Waals surface area contributed by atoms with Crippen molar-refractivity contribution in [3.05, 3.63) is 53.9 Å². The molecule has 1 saturated heterocycles. The monoisotopic (exact) mass is 356 g/mol. The van der Waals surface area contributed by atoms with Gasteiger partial charge in [0, 0.05) is 24.4 Å². The van der Waals surface area contributed by atoms with Crippen LogP contribution in [0, 0.1) is 5.92 Å². The Morgan fingerprint density at radius 1 is 1.27 bits per heavy atom. The van der Waals surface area contributed by atoms with E-state index in [1.165, 1.54) is 0 Å². The zero-order chi connectivity index (χ0) is 18.5. The lowest BCUT2D eigenvalue weighted by Crippen LogP contribution is -2.41. The molecule has 0 amide bonds. The van der Waals surface area contributed by atoms with E-state index in [2.05, 4.69) is 9.88 Å². The number of likely N-dealkylation sites (tertiary alicyclic amines) is 1. The molecule has 6 nitrogen and oxygen atoms in total. The van der Waals surface area contributed by atoms with E-state index in [1.807, 2.05) is 36.4 Å². The predicted octanol–water partition coefficient (Wildman–Crippen LogP) is 2.98. The summed E-state index contributed by atoms with van der Waals surface area (Å²) in [6.45, 7) is 1.31. The molecule has 2 aromatic rings. The normalized spacial score (nSPS) is 18.9. The maximum Gasteiger partial charge on any atom is 0.307 e. The van der Waals surface area contributed by atoms with Crippen LogP contribution < -0.4 is 9.47 Å². The van der Waals surface area contributed by atoms with Crippen molar-refractivity contribution in [1.82, 2.24) is 9.88 Å². The topological polar surface area (TPSA) is 71.9 Å². The summed E-state index contributed by atoms with van der Waals surface area (Å²) >= 11 is 0. The van der Waals surface area contributed by atoms with Crippen LogP contribution in [0.3, 0.4) is 0 Å². The molecule has 26 heavy (non-hydrogen) atoms. The summed E-state index contributed by atoms with van der Waals surface area (Å²) in [5, 5.41) is 9.46. The Kier molecular flexibility index (Phi) is 5.73. The molecule has 1 aromatic carbocycles. The maximum atomic E-state index is 11.5. The highest BCUT2D eigenvalue weighted by Crippen LogP contribution is 2.38. The highest BCUT2D eigenvalue weighted by Gasteiger charge is 2.33. The zero-order valence-electron chi connectivity index (χ0n) is 15.1. The number of piperidine rings is 1. The number of carbonyl (C=O) groups is 1. The molecule has 2 unspecified atom stereocenters. The molecule has 0 aliphatic carbocycles. The van der Waals surface area contributed by atoms with Crippen LogP contribution in [0.25, 0.3) is 0 Å². The van der Waals surface area contributed by atoms with E-state index < -0.39 is 5.97 Å². The standard InChI is InChI=1S/C20H24N2O4/c1-25-15-8-9-16(18(12-15)26-2)19(17-7-3-4-10-21-17)22-11-5-6-14(13-22)20(23)24/h3-4,7-10,12,14,19H,5-6,11,13H2,1-2H3,(H,23,24). The number of pyridine rings is 1. The van der Waals surface area contributed by atoms with Gasteiger partial charge in [0.15, 0.2) is 0 Å². The third kappa shape index (κ3) is 3.80. The van der Waals surface area contributed by atoms with E-state index in [0.29, 0.717) is 24.5 Å². The molecule has 1 aliphatic rings. The molecule has 1 N–H and O–H groups in total. The van der Waals surface area contributed by atoms with Gasteiger partial charge in [-0.15, -0.1) is 0 Å². The van der Waals surface area contributed by atoms with Gasteiger partial charge in [-0.1, -0.05) is 6.07 Å². The van der Waals surface area contributed by atoms with Gasteiger partial charge in [0.25, 0.3) is 0 Å². The number of ether oxygens (including phenoxy) is 2. The minimum absolute atomic E-state index is 0.167. The SMILES string of the molecule is COc1ccc(C(c2ccccn2)N2CCCC(C(=O)O)C2)c(OC)c1. The number of methoxy groups -OCH3 is 2. The Morgan fingerprint density at radius 2 is 2.12 bits per heavy atom. The van der Waals surface area contributed by atoms with Gasteiger partial charge in [-0.25, -0.2) is 0 Å². The summed E-state index contributed by atoms with van der Waals surface area (Å²) in [4.78, 5) is 18.3. The van der Waals surface area contributed by atoms with Crippen LogP contribution in [-0.2, 0) is 4.79 Å². The quantitative estimate of drug-likeness (QED) is 0.858. The number of nitrogens with zero attached hydrogens (tertiary/aromatic N) is 2. The molecule has 1 fully saturated rings. The van der Waals surface area contributed by atoms with Gasteiger partial charge in [0.1, 0.15) is 11.5 Å². The van der Waals surface area contributed by atoms with E-state index >= 15 is 0 Å². The number of carboxylic acid groups (broad SMARTS) is 1. The van der Waals surface area contributed by atoms with E-state index in [4.69, 9.17) is 9.47 Å². The lowest BCUT2D eigenvalue weighted by Gasteiger charge is -2.37. The van der Waals surface area contributed by atoms with Crippen LogP contribution in [-0.4, -0.2) is 48.3 Å². The molecule has 138 valence electrons. The first kappa shape index (κ1) is 18.2. The summed E-state index contributed by atoms with van der Waals surface area (Å²) in [5.74, 6) is 0.320. The molecule has 0 saturated carbocycles. The van der Waals surface area contributed by atoms with Crippen LogP contribution in [0.5, 0.6) is 11.5 Å². The number of hydrogen-bond donors (Lipinski definition) is 1. The molecule has 6 heteroatoms. The predicted molar refractivity (Wildman–Crippen MR) is 97.6 cm³/mol. The fraction of sp³-hybridized carbons (Fsp3) is 0.400. The van der Waals surface area contributed by atoms with Crippen molar-refractivity contribution in [2.45, 2.75) is 18.9 Å². The highest BCUT2D eigenvalue weighted by atomic mass is 16.5. The van der Waals surface area contributed by atoms with Crippen LogP contribution in [0.4, 0.5) is 0 Å². The minimum Gasteiger partial charge on any atom is -0.497 e. The summed E-state index contributed by atoms with van der Waals surface area (Å²) < 4.78 is 10.9. The van der Waals surface area contributed by atoms with Gasteiger partial charge in [0.05, 0.1) is 31.9 Å². The average Bonchev–Trinajstić information content (AvgIpc) is 2.69. The van der Waals surface area contributed by atoms with Crippen molar-refractivity contribution in [1.29, 1.82) is 0 Å². The van der Waals surface area contributed by atoms with E-state index in [1.54, 1.807) is 20.4 Å². The molecule has 2 heterocycles. The van der Waals surface area contributed by atoms with Crippen molar-refractivity contribution in [2.75, 3.05) is 27.3 Å². The van der Waals surface area contributed by atoms with Gasteiger partial charge < -0.3 is 14.6 Å². The van der Waals surface area contributed by atoms with Gasteiger partial charge >= 0.3 is 5.97 Å². The Labute approximate surface area is 153 Å². The lowest BCUT2D eigenvalue weighted by molar-refractivity contribution is -0.143. The summed E-state index contributed by atoms with van der Waals surface area (Å²) in [7, 11) is 3.25. The van der Waals surface area contributed by atoms with E-state index in [0.717, 1.165) is 24.2 Å². The van der Waals surface area contributed by atoms with Gasteiger partial charge in [-0.05, 0) is 43.7 Å². The first-order valence-corrected chi connectivity index (χ1v) is 8.73. The molecule has 0 radical (unpaired) electrons. The van der Waals surface area contributed by atoms with Crippen LogP contribution in [0.15, 0.2) is 42.6 Å². The summed E-state index contributed by atoms with van der Waals surface area (Å²) in [6, 6.07) is 11.3. The largest absolute Gasteiger partial charge is 0.497 e. The Balaban J connectivity index is 2.03. The smallest absolute Gasteiger partial charge is 0.307 e. The first-order chi connectivity index (χ1) is 12.6. The van der Waals surface area contributed by atoms with Gasteiger partial charge in [0.2, 0.25) is 0 Å². The maximum absolute atomic E-state index is 11.5. The fourth-order valence-corrected chi connectivity index (χ4v) is 3.57. The second kappa shape index (κ2) is 8.19. The fourth-order valence-electron chi connectivity index (χ4n) is 3.57. The number of aliphatic carboxylic acids is 1. The van der Waals surface area contributed by atoms with E-state index in [-0.39, 0.29) is 12.0 Å². The molecular weight excluding hydrogens is 332 g/mol. The molecule has 1 aromatic heterocycles. The molecule has 3 rings (SSSR count). The molecule has 0 bridgehead atoms. The van der Waals surface area contributed by atoms with Crippen molar-refractivity contribution in [2.24, 2.45) is 5.92 Å². The van der Waals surface area contributed by atoms with Gasteiger partial charge in [-0.3, -0.25) is 14.7 Å². The number of benzene rings is 1. The van der Waals surface area contributed by atoms with Crippen LogP contribution in [0.2, 0.25) is 0 Å². The first-order valence-electron chi connectivity index (χ1n) is 8.73. The second-order valence-electron chi connectivity index (χ2n) is 6.44. The Bertz CT molecular complexity index is 751. The minimum atomic E-state index is -0.740. The Hall–Kier alpha value is -2.60. The van der Waals surface area contributed by atoms with Crippen molar-refractivity contribution in [3.63, 3.8) is 0 Å². The van der Waals surface area contributed by atoms with Crippen molar-refractivity contribution < 1.29 is 19.4 Å². The van der Waals surface area contributed by atoms with Crippen molar-refractivity contribution in [3.8, 4) is 11.5 Å². The third-order valence-corrected chi connectivity index (χ3v) is 4.87. The zero-order valence-corrected chi connectivity index (χ0v) is 15.1. The Morgan fingerprint density at radius 3 is 2.77 bits per heavy atom. The van der Waals surface area contributed by atoms with Crippen LogP contribution in [0.1, 0.15) is 30.1 Å². The molecule has 1 aliphatic heterocycles. The average molecular weight is 356 g/mol. The van der Waals surface area contributed by atoms with E-state index in [9.17, 15) is 9.90 Å². The number of carboxylic acids is 1. The lowest BCUT2D eigenvalue weighted by atomic mass is 9.93. The number of rotatable bonds is 6. The summed E-state index contributed by atoms with van der Waals surface area (Å²) in [6.07, 6.45) is 3.32. The second-order valence-corrected chi connectivity index (χ2v) is 6.44. The highest BCUT2D eigenvalue weighted by molar-refractivity contribution is 5.70. The summed E-state index contributed by atoms with van der Waals surface area (Å²) in [5.41, 5.74) is 1.83. The van der Waals surface area contributed by atoms with Crippen molar-refractivity contribution >= 4 is 5.97 Å². The van der Waals surface area contributed by atoms with Gasteiger partial charge in [-0.2, -0.15) is 0 Å². The molecule has 2 atom stereocenters. The number of aromatic nitrogens is 1. The molecule has 0 spiro atoms. The number of hydrogen-bond acceptors (Lipinski definition) is 5. The molecular formula is C20H24N2O4. The third-order valence-electron chi connectivity index (χ3n) is 4.87. The van der Waals surface area contributed by atoms with Crippen LogP contribution >= 0.6 is 0 Å².